The van der Waals surface area contributed by atoms with Crippen LogP contribution in [-0.4, -0.2) is 40.7 Å². The molecule has 18 heavy (non-hydrogen) atoms. The van der Waals surface area contributed by atoms with E-state index < -0.39 is 0 Å². The van der Waals surface area contributed by atoms with Crippen LogP contribution in [-0.2, 0) is 13.0 Å². The molecule has 2 aliphatic heterocycles. The molecule has 2 aliphatic rings. The smallest absolute Gasteiger partial charge is 0.226 e. The van der Waals surface area contributed by atoms with Gasteiger partial charge in [0.2, 0.25) is 5.89 Å². The van der Waals surface area contributed by atoms with Gasteiger partial charge >= 0.3 is 0 Å². The van der Waals surface area contributed by atoms with Gasteiger partial charge in [-0.15, -0.1) is 0 Å². The first-order chi connectivity index (χ1) is 8.72. The lowest BCUT2D eigenvalue weighted by Crippen LogP contribution is -2.33. The van der Waals surface area contributed by atoms with Crippen molar-refractivity contribution in [3.63, 3.8) is 0 Å². The number of nitrogens with one attached hydrogen (secondary N) is 1. The van der Waals surface area contributed by atoms with E-state index in [1.54, 1.807) is 0 Å². The van der Waals surface area contributed by atoms with Crippen molar-refractivity contribution in [3.05, 3.63) is 11.7 Å². The van der Waals surface area contributed by atoms with Crippen molar-refractivity contribution in [1.29, 1.82) is 0 Å². The summed E-state index contributed by atoms with van der Waals surface area (Å²) in [4.78, 5) is 6.98. The minimum absolute atomic E-state index is 0.563. The number of hydrogen-bond donors (Lipinski definition) is 1. The SMILES string of the molecule is CC(C)Cc1nc(CN2CC[C@@H]3CNC[C@@H]32)no1. The third-order valence-corrected chi connectivity index (χ3v) is 4.00. The van der Waals surface area contributed by atoms with Crippen LogP contribution in [0, 0.1) is 11.8 Å². The minimum atomic E-state index is 0.563. The van der Waals surface area contributed by atoms with Crippen molar-refractivity contribution in [2.24, 2.45) is 11.8 Å². The highest BCUT2D eigenvalue weighted by molar-refractivity contribution is 4.97. The molecule has 1 N–H and O–H groups in total. The van der Waals surface area contributed by atoms with E-state index in [9.17, 15) is 0 Å². The van der Waals surface area contributed by atoms with Crippen LogP contribution >= 0.6 is 0 Å². The van der Waals surface area contributed by atoms with Gasteiger partial charge in [-0.25, -0.2) is 0 Å². The van der Waals surface area contributed by atoms with E-state index in [0.29, 0.717) is 12.0 Å². The zero-order valence-electron chi connectivity index (χ0n) is 11.2. The Bertz CT molecular complexity index is 403. The van der Waals surface area contributed by atoms with E-state index in [2.05, 4.69) is 34.2 Å². The summed E-state index contributed by atoms with van der Waals surface area (Å²) in [6.45, 7) is 8.63. The van der Waals surface area contributed by atoms with E-state index >= 15 is 0 Å². The standard InChI is InChI=1S/C13H22N4O/c1-9(2)5-13-15-12(16-18-13)8-17-4-3-10-6-14-7-11(10)17/h9-11,14H,3-8H2,1-2H3/t10-,11+/m1/s1. The topological polar surface area (TPSA) is 54.2 Å². The fraction of sp³-hybridized carbons (Fsp3) is 0.846. The molecule has 0 spiro atoms. The van der Waals surface area contributed by atoms with Gasteiger partial charge < -0.3 is 9.84 Å². The predicted molar refractivity (Wildman–Crippen MR) is 68.0 cm³/mol. The average molecular weight is 250 g/mol. The van der Waals surface area contributed by atoms with E-state index in [1.165, 1.54) is 19.5 Å². The molecule has 0 unspecified atom stereocenters. The summed E-state index contributed by atoms with van der Waals surface area (Å²) in [7, 11) is 0. The fourth-order valence-electron chi connectivity index (χ4n) is 3.10. The molecular formula is C13H22N4O. The second kappa shape index (κ2) is 4.97. The Labute approximate surface area is 108 Å². The number of hydrogen-bond acceptors (Lipinski definition) is 5. The Balaban J connectivity index is 1.60. The first kappa shape index (κ1) is 12.1. The number of rotatable bonds is 4. The quantitative estimate of drug-likeness (QED) is 0.866. The minimum Gasteiger partial charge on any atom is -0.339 e. The lowest BCUT2D eigenvalue weighted by Gasteiger charge is -2.20. The van der Waals surface area contributed by atoms with Crippen molar-refractivity contribution in [2.75, 3.05) is 19.6 Å². The first-order valence-corrected chi connectivity index (χ1v) is 6.98. The van der Waals surface area contributed by atoms with Gasteiger partial charge in [0, 0.05) is 19.0 Å². The third kappa shape index (κ3) is 2.42. The Kier molecular flexibility index (Phi) is 3.35. The van der Waals surface area contributed by atoms with Crippen molar-refractivity contribution in [1.82, 2.24) is 20.4 Å². The highest BCUT2D eigenvalue weighted by Gasteiger charge is 2.37. The van der Waals surface area contributed by atoms with Gasteiger partial charge in [0.15, 0.2) is 5.82 Å². The average Bonchev–Trinajstić information content (AvgIpc) is 2.96. The maximum atomic E-state index is 5.29. The molecule has 3 rings (SSSR count). The highest BCUT2D eigenvalue weighted by atomic mass is 16.5. The van der Waals surface area contributed by atoms with Gasteiger partial charge in [-0.1, -0.05) is 19.0 Å². The van der Waals surface area contributed by atoms with Crippen LogP contribution in [0.3, 0.4) is 0 Å². The second-order valence-electron chi connectivity index (χ2n) is 5.95. The normalized spacial score (nSPS) is 28.2. The molecule has 0 aliphatic carbocycles. The molecule has 0 bridgehead atoms. The first-order valence-electron chi connectivity index (χ1n) is 6.98. The number of fused-ring (bicyclic) bond motifs is 1. The molecule has 1 aromatic rings. The van der Waals surface area contributed by atoms with Gasteiger partial charge in [-0.3, -0.25) is 4.90 Å². The van der Waals surface area contributed by atoms with Crippen molar-refractivity contribution in [2.45, 2.75) is 39.3 Å². The molecule has 100 valence electrons. The van der Waals surface area contributed by atoms with Gasteiger partial charge in [-0.2, -0.15) is 4.98 Å². The Morgan fingerprint density at radius 3 is 3.17 bits per heavy atom. The zero-order chi connectivity index (χ0) is 12.5. The molecule has 2 atom stereocenters. The van der Waals surface area contributed by atoms with Crippen molar-refractivity contribution in [3.8, 4) is 0 Å². The second-order valence-corrected chi connectivity index (χ2v) is 5.95. The summed E-state index contributed by atoms with van der Waals surface area (Å²) in [6.07, 6.45) is 2.18. The summed E-state index contributed by atoms with van der Waals surface area (Å²) < 4.78 is 5.29. The van der Waals surface area contributed by atoms with Crippen LogP contribution in [0.4, 0.5) is 0 Å². The molecule has 0 amide bonds. The Morgan fingerprint density at radius 2 is 2.33 bits per heavy atom. The van der Waals surface area contributed by atoms with Crippen LogP contribution < -0.4 is 5.32 Å². The maximum Gasteiger partial charge on any atom is 0.226 e. The lowest BCUT2D eigenvalue weighted by molar-refractivity contribution is 0.234. The van der Waals surface area contributed by atoms with Crippen LogP contribution in [0.5, 0.6) is 0 Å². The Hall–Kier alpha value is -0.940. The maximum absolute atomic E-state index is 5.29. The van der Waals surface area contributed by atoms with Crippen LogP contribution in [0.25, 0.3) is 0 Å². The lowest BCUT2D eigenvalue weighted by atomic mass is 10.1. The van der Waals surface area contributed by atoms with E-state index in [1.807, 2.05) is 0 Å². The number of aromatic nitrogens is 2. The van der Waals surface area contributed by atoms with Gasteiger partial charge in [0.25, 0.3) is 0 Å². The summed E-state index contributed by atoms with van der Waals surface area (Å²) in [5.41, 5.74) is 0. The molecule has 0 aromatic carbocycles. The number of likely N-dealkylation sites (tertiary alicyclic amines) is 1. The summed E-state index contributed by atoms with van der Waals surface area (Å²) in [5, 5.41) is 7.56. The molecule has 0 radical (unpaired) electrons. The van der Waals surface area contributed by atoms with Gasteiger partial charge in [0.1, 0.15) is 0 Å². The molecule has 5 heteroatoms. The van der Waals surface area contributed by atoms with Crippen molar-refractivity contribution < 1.29 is 4.52 Å². The molecule has 0 saturated carbocycles. The highest BCUT2D eigenvalue weighted by Crippen LogP contribution is 2.27. The molecule has 3 heterocycles. The van der Waals surface area contributed by atoms with Gasteiger partial charge in [0.05, 0.1) is 6.54 Å². The molecule has 5 nitrogen and oxygen atoms in total. The summed E-state index contributed by atoms with van der Waals surface area (Å²) >= 11 is 0. The van der Waals surface area contributed by atoms with E-state index in [0.717, 1.165) is 37.1 Å². The monoisotopic (exact) mass is 250 g/mol. The molecule has 2 fully saturated rings. The fourth-order valence-corrected chi connectivity index (χ4v) is 3.10. The van der Waals surface area contributed by atoms with Crippen molar-refractivity contribution >= 4 is 0 Å². The van der Waals surface area contributed by atoms with Crippen LogP contribution in [0.2, 0.25) is 0 Å². The van der Waals surface area contributed by atoms with Gasteiger partial charge in [-0.05, 0) is 31.3 Å². The molecule has 1 aromatic heterocycles. The molecule has 2 saturated heterocycles. The third-order valence-electron chi connectivity index (χ3n) is 4.00. The predicted octanol–water partition coefficient (Wildman–Crippen LogP) is 1.06. The van der Waals surface area contributed by atoms with Crippen LogP contribution in [0.1, 0.15) is 32.0 Å². The largest absolute Gasteiger partial charge is 0.339 e. The number of nitrogens with zero attached hydrogens (tertiary/aromatic N) is 3. The Morgan fingerprint density at radius 1 is 1.44 bits per heavy atom. The zero-order valence-corrected chi connectivity index (χ0v) is 11.2. The van der Waals surface area contributed by atoms with E-state index in [4.69, 9.17) is 4.52 Å². The summed E-state index contributed by atoms with van der Waals surface area (Å²) in [5.74, 6) is 3.01. The molecular weight excluding hydrogens is 228 g/mol. The van der Waals surface area contributed by atoms with Crippen LogP contribution in [0.15, 0.2) is 4.52 Å². The summed E-state index contributed by atoms with van der Waals surface area (Å²) in [6, 6.07) is 0.678. The van der Waals surface area contributed by atoms with E-state index in [-0.39, 0.29) is 0 Å².